The molecule has 3 N–H and O–H groups in total. The summed E-state index contributed by atoms with van der Waals surface area (Å²) in [5.74, 6) is 1.52. The quantitative estimate of drug-likeness (QED) is 0.250. The van der Waals surface area contributed by atoms with E-state index in [1.165, 1.54) is 0 Å². The van der Waals surface area contributed by atoms with Crippen LogP contribution in [0.1, 0.15) is 18.2 Å². The van der Waals surface area contributed by atoms with Gasteiger partial charge in [-0.3, -0.25) is 18.1 Å². The second-order valence-electron chi connectivity index (χ2n) is 8.57. The van der Waals surface area contributed by atoms with Crippen molar-refractivity contribution in [3.05, 3.63) is 46.9 Å². The van der Waals surface area contributed by atoms with Crippen LogP contribution in [0.5, 0.6) is 0 Å². The van der Waals surface area contributed by atoms with Crippen LogP contribution in [0.3, 0.4) is 0 Å². The summed E-state index contributed by atoms with van der Waals surface area (Å²) < 4.78 is 45.4. The van der Waals surface area contributed by atoms with Crippen molar-refractivity contribution in [3.63, 3.8) is 0 Å². The van der Waals surface area contributed by atoms with Crippen molar-refractivity contribution in [2.45, 2.75) is 43.7 Å². The molecule has 192 valence electrons. The number of aromatic amines is 1. The zero-order valence-electron chi connectivity index (χ0n) is 18.9. The van der Waals surface area contributed by atoms with E-state index in [0.717, 1.165) is 5.56 Å². The Balaban J connectivity index is 1.12. The van der Waals surface area contributed by atoms with Gasteiger partial charge in [-0.15, -0.1) is 0 Å². The molecule has 3 aliphatic heterocycles. The predicted molar refractivity (Wildman–Crippen MR) is 139 cm³/mol. The van der Waals surface area contributed by atoms with E-state index in [9.17, 15) is 4.57 Å². The van der Waals surface area contributed by atoms with E-state index in [-0.39, 0.29) is 18.7 Å². The van der Waals surface area contributed by atoms with E-state index < -0.39 is 32.4 Å². The summed E-state index contributed by atoms with van der Waals surface area (Å²) in [6.45, 7) is 0.537. The van der Waals surface area contributed by atoms with Crippen LogP contribution in [0.4, 0.5) is 5.95 Å². The minimum Gasteiger partial charge on any atom is -0.370 e. The Labute approximate surface area is 219 Å². The number of anilines is 1. The van der Waals surface area contributed by atoms with Crippen LogP contribution in [0, 0.1) is 4.64 Å². The maximum atomic E-state index is 13.5. The highest BCUT2D eigenvalue weighted by molar-refractivity contribution is 8.76. The van der Waals surface area contributed by atoms with Gasteiger partial charge in [-0.1, -0.05) is 64.1 Å². The molecule has 36 heavy (non-hydrogen) atoms. The summed E-state index contributed by atoms with van der Waals surface area (Å²) in [7, 11) is -0.456. The molecule has 3 saturated heterocycles. The number of nitrogen functional groups attached to an aromatic ring is 1. The first-order valence-corrected chi connectivity index (χ1v) is 15.7. The number of phosphoric acid groups is 1. The molecule has 2 aromatic heterocycles. The van der Waals surface area contributed by atoms with E-state index in [4.69, 9.17) is 41.0 Å². The number of nitrogens with two attached hydrogens (primary N) is 1. The third-order valence-electron chi connectivity index (χ3n) is 6.14. The first-order chi connectivity index (χ1) is 17.5. The highest BCUT2D eigenvalue weighted by Gasteiger charge is 2.49. The summed E-state index contributed by atoms with van der Waals surface area (Å²) in [4.78, 5) is 11.4. The van der Waals surface area contributed by atoms with Gasteiger partial charge >= 0.3 is 7.82 Å². The molecule has 1 aromatic carbocycles. The second kappa shape index (κ2) is 10.4. The minimum atomic E-state index is -3.82. The van der Waals surface area contributed by atoms with Crippen LogP contribution in [-0.4, -0.2) is 62.0 Å². The monoisotopic (exact) mass is 569 g/mol. The molecule has 3 aromatic rings. The lowest BCUT2D eigenvalue weighted by Crippen LogP contribution is -2.40. The minimum absolute atomic E-state index is 0.0882. The van der Waals surface area contributed by atoms with Gasteiger partial charge in [0.05, 0.1) is 25.6 Å². The fourth-order valence-electron chi connectivity index (χ4n) is 4.34. The zero-order valence-corrected chi connectivity index (χ0v) is 22.3. The van der Waals surface area contributed by atoms with Crippen molar-refractivity contribution in [1.82, 2.24) is 19.5 Å². The molecule has 0 radical (unpaired) electrons. The molecule has 5 heterocycles. The Kier molecular flexibility index (Phi) is 7.14. The van der Waals surface area contributed by atoms with Gasteiger partial charge in [0.25, 0.3) is 0 Å². The SMILES string of the molecule is Nc1nc2c(ncn2[C@H]2C[C@@H]3O[P@@](=O)(O[C@@H]4CSSC[C@H]4OCc4ccccc4)OC[C@H]3O2)c(=S)[nH]1. The van der Waals surface area contributed by atoms with Gasteiger partial charge in [0, 0.05) is 17.9 Å². The fourth-order valence-corrected chi connectivity index (χ4v) is 8.73. The van der Waals surface area contributed by atoms with Crippen molar-refractivity contribution >= 4 is 58.7 Å². The smallest absolute Gasteiger partial charge is 0.370 e. The summed E-state index contributed by atoms with van der Waals surface area (Å²) >= 11 is 5.29. The number of imidazole rings is 1. The molecular formula is C21H24N5O6PS3. The number of ether oxygens (including phenoxy) is 2. The third-order valence-corrected chi connectivity index (χ3v) is 10.4. The Bertz CT molecular complexity index is 1340. The van der Waals surface area contributed by atoms with E-state index in [2.05, 4.69) is 15.0 Å². The van der Waals surface area contributed by atoms with Crippen molar-refractivity contribution in [2.75, 3.05) is 23.8 Å². The molecule has 0 saturated carbocycles. The van der Waals surface area contributed by atoms with E-state index >= 15 is 0 Å². The number of aromatic nitrogens is 4. The number of rotatable bonds is 6. The number of nitrogens with one attached hydrogen (secondary N) is 1. The van der Waals surface area contributed by atoms with Crippen LogP contribution in [0.2, 0.25) is 0 Å². The lowest BCUT2D eigenvalue weighted by molar-refractivity contribution is -0.0850. The van der Waals surface area contributed by atoms with Gasteiger partial charge in [0.15, 0.2) is 5.65 Å². The zero-order chi connectivity index (χ0) is 24.7. The fraction of sp³-hybridized carbons (Fsp3) is 0.476. The average molecular weight is 570 g/mol. The van der Waals surface area contributed by atoms with Crippen LogP contribution < -0.4 is 5.73 Å². The molecule has 0 bridgehead atoms. The number of phosphoric ester groups is 1. The summed E-state index contributed by atoms with van der Waals surface area (Å²) in [5.41, 5.74) is 7.93. The van der Waals surface area contributed by atoms with Crippen LogP contribution in [0.15, 0.2) is 36.7 Å². The number of hydrogen-bond acceptors (Lipinski definition) is 12. The van der Waals surface area contributed by atoms with E-state index in [0.29, 0.717) is 40.3 Å². The number of benzene rings is 1. The molecule has 11 nitrogen and oxygen atoms in total. The van der Waals surface area contributed by atoms with E-state index in [1.54, 1.807) is 32.5 Å². The van der Waals surface area contributed by atoms with Gasteiger partial charge in [-0.25, -0.2) is 9.55 Å². The molecule has 0 aliphatic carbocycles. The van der Waals surface area contributed by atoms with Gasteiger partial charge in [0.1, 0.15) is 34.7 Å². The van der Waals surface area contributed by atoms with Crippen LogP contribution in [0.25, 0.3) is 11.2 Å². The lowest BCUT2D eigenvalue weighted by Gasteiger charge is -2.35. The third kappa shape index (κ3) is 5.11. The van der Waals surface area contributed by atoms with Crippen LogP contribution in [-0.2, 0) is 34.2 Å². The second-order valence-corrected chi connectivity index (χ2v) is 13.1. The molecule has 6 rings (SSSR count). The number of nitrogens with zero attached hydrogens (tertiary/aromatic N) is 3. The predicted octanol–water partition coefficient (Wildman–Crippen LogP) is 4.25. The highest BCUT2D eigenvalue weighted by Crippen LogP contribution is 2.58. The standard InChI is InChI=1S/C21H24N5O6PS3/c22-21-24-19-18(20(34)25-21)23-11-26(19)17-6-13-14(30-17)8-29-33(27,31-13)32-16-10-36-35-9-15(16)28-7-12-4-2-1-3-5-12/h1-5,11,13-17H,6-10H2,(H3,22,24,25,34)/t13-,14+,15+,16+,17+,33-/m0/s1. The van der Waals surface area contributed by atoms with E-state index in [1.807, 2.05) is 30.3 Å². The van der Waals surface area contributed by atoms with Crippen LogP contribution >= 0.6 is 41.6 Å². The first-order valence-electron chi connectivity index (χ1n) is 11.4. The summed E-state index contributed by atoms with van der Waals surface area (Å²) in [6.07, 6.45) is 0.0263. The lowest BCUT2D eigenvalue weighted by atomic mass is 10.2. The maximum absolute atomic E-state index is 13.5. The molecule has 6 atom stereocenters. The van der Waals surface area contributed by atoms with Gasteiger partial charge in [0.2, 0.25) is 5.95 Å². The Morgan fingerprint density at radius 3 is 2.86 bits per heavy atom. The van der Waals surface area contributed by atoms with Crippen molar-refractivity contribution in [1.29, 1.82) is 0 Å². The van der Waals surface area contributed by atoms with Gasteiger partial charge < -0.3 is 20.2 Å². The Hall–Kier alpha value is -1.48. The summed E-state index contributed by atoms with van der Waals surface area (Å²) in [5, 5.41) is 0. The van der Waals surface area contributed by atoms with Crippen molar-refractivity contribution in [3.8, 4) is 0 Å². The molecule has 0 spiro atoms. The average Bonchev–Trinajstić information content (AvgIpc) is 3.47. The van der Waals surface area contributed by atoms with Gasteiger partial charge in [-0.2, -0.15) is 4.98 Å². The molecule has 0 unspecified atom stereocenters. The first kappa shape index (κ1) is 24.8. The molecule has 0 amide bonds. The Morgan fingerprint density at radius 2 is 2.03 bits per heavy atom. The van der Waals surface area contributed by atoms with Crippen molar-refractivity contribution < 1.29 is 27.6 Å². The molecule has 3 fully saturated rings. The molecular weight excluding hydrogens is 545 g/mol. The molecule has 3 aliphatic rings. The van der Waals surface area contributed by atoms with Crippen molar-refractivity contribution in [2.24, 2.45) is 0 Å². The number of fused-ring (bicyclic) bond motifs is 2. The molecule has 15 heteroatoms. The normalized spacial score (nSPS) is 32.5. The number of H-pyrrole nitrogens is 1. The number of hydrogen-bond donors (Lipinski definition) is 2. The Morgan fingerprint density at radius 1 is 1.22 bits per heavy atom. The summed E-state index contributed by atoms with van der Waals surface area (Å²) in [6, 6.07) is 9.92. The largest absolute Gasteiger partial charge is 0.475 e. The maximum Gasteiger partial charge on any atom is 0.475 e. The highest BCUT2D eigenvalue weighted by atomic mass is 33.1. The topological polar surface area (TPSA) is 136 Å². The van der Waals surface area contributed by atoms with Gasteiger partial charge in [-0.05, 0) is 5.56 Å².